The van der Waals surface area contributed by atoms with Gasteiger partial charge < -0.3 is 10.6 Å². The van der Waals surface area contributed by atoms with Crippen molar-refractivity contribution >= 4 is 33.3 Å². The summed E-state index contributed by atoms with van der Waals surface area (Å²) in [6.45, 7) is 0.0790. The number of rotatable bonds is 5. The van der Waals surface area contributed by atoms with Gasteiger partial charge >= 0.3 is 6.03 Å². The molecule has 2 rings (SSSR count). The number of carbonyl (C=O) groups is 1. The maximum absolute atomic E-state index is 12.3. The third kappa shape index (κ3) is 4.47. The first kappa shape index (κ1) is 18.3. The van der Waals surface area contributed by atoms with Crippen molar-refractivity contribution in [3.05, 3.63) is 59.1 Å². The van der Waals surface area contributed by atoms with Crippen molar-refractivity contribution < 1.29 is 13.2 Å². The highest BCUT2D eigenvalue weighted by atomic mass is 35.5. The minimum absolute atomic E-state index is 0.0790. The van der Waals surface area contributed by atoms with Crippen LogP contribution in [0.1, 0.15) is 5.56 Å². The summed E-state index contributed by atoms with van der Waals surface area (Å²) < 4.78 is 25.8. The first-order chi connectivity index (χ1) is 11.3. The lowest BCUT2D eigenvalue weighted by atomic mass is 10.2. The molecule has 0 bridgehead atoms. The molecule has 0 heterocycles. The Bertz CT molecular complexity index is 838. The summed E-state index contributed by atoms with van der Waals surface area (Å²) in [6.07, 6.45) is 0. The minimum Gasteiger partial charge on any atom is -0.334 e. The molecule has 0 aliphatic rings. The fourth-order valence-electron chi connectivity index (χ4n) is 2.02. The highest BCUT2D eigenvalue weighted by Gasteiger charge is 2.20. The highest BCUT2D eigenvalue weighted by molar-refractivity contribution is 7.89. The van der Waals surface area contributed by atoms with Gasteiger partial charge in [-0.1, -0.05) is 35.9 Å². The molecule has 2 aromatic rings. The fourth-order valence-corrected chi connectivity index (χ4v) is 3.32. The first-order valence-electron chi connectivity index (χ1n) is 7.11. The van der Waals surface area contributed by atoms with E-state index in [0.717, 1.165) is 4.31 Å². The van der Waals surface area contributed by atoms with Gasteiger partial charge in [0.05, 0.1) is 4.90 Å². The Hall–Kier alpha value is -2.09. The Labute approximate surface area is 146 Å². The molecule has 24 heavy (non-hydrogen) atoms. The number of sulfonamides is 1. The zero-order chi connectivity index (χ0) is 17.7. The Balaban J connectivity index is 2.09. The van der Waals surface area contributed by atoms with Crippen LogP contribution in [-0.2, 0) is 16.6 Å². The van der Waals surface area contributed by atoms with Crippen molar-refractivity contribution in [2.24, 2.45) is 0 Å². The molecule has 0 radical (unpaired) electrons. The van der Waals surface area contributed by atoms with Crippen LogP contribution in [0.4, 0.5) is 10.5 Å². The van der Waals surface area contributed by atoms with Gasteiger partial charge in [-0.2, -0.15) is 0 Å². The minimum atomic E-state index is -3.58. The van der Waals surface area contributed by atoms with Gasteiger partial charge in [-0.05, 0) is 29.8 Å². The second-order valence-corrected chi connectivity index (χ2v) is 7.77. The number of amides is 2. The molecule has 0 saturated carbocycles. The molecule has 6 nitrogen and oxygen atoms in total. The first-order valence-corrected chi connectivity index (χ1v) is 8.93. The van der Waals surface area contributed by atoms with Gasteiger partial charge in [-0.25, -0.2) is 17.5 Å². The number of carbonyl (C=O) groups excluding carboxylic acids is 1. The average molecular weight is 368 g/mol. The maximum atomic E-state index is 12.3. The molecule has 2 N–H and O–H groups in total. The molecule has 0 atom stereocenters. The Morgan fingerprint density at radius 1 is 1.12 bits per heavy atom. The predicted octanol–water partition coefficient (Wildman–Crippen LogP) is 2.91. The van der Waals surface area contributed by atoms with E-state index in [1.165, 1.54) is 20.2 Å². The Morgan fingerprint density at radius 2 is 1.83 bits per heavy atom. The van der Waals surface area contributed by atoms with Crippen LogP contribution in [0.2, 0.25) is 5.02 Å². The number of urea groups is 1. The van der Waals surface area contributed by atoms with Crippen LogP contribution in [0.5, 0.6) is 0 Å². The van der Waals surface area contributed by atoms with E-state index in [1.54, 1.807) is 42.5 Å². The summed E-state index contributed by atoms with van der Waals surface area (Å²) in [5.41, 5.74) is 1.06. The number of benzene rings is 2. The smallest absolute Gasteiger partial charge is 0.319 e. The number of anilines is 1. The number of hydrogen-bond donors (Lipinski definition) is 2. The normalized spacial score (nSPS) is 11.3. The van der Waals surface area contributed by atoms with E-state index in [1.807, 2.05) is 0 Å². The van der Waals surface area contributed by atoms with Gasteiger partial charge in [0, 0.05) is 31.4 Å². The van der Waals surface area contributed by atoms with E-state index in [-0.39, 0.29) is 11.4 Å². The molecule has 2 amide bonds. The van der Waals surface area contributed by atoms with Crippen molar-refractivity contribution in [1.82, 2.24) is 9.62 Å². The molecule has 2 aromatic carbocycles. The average Bonchev–Trinajstić information content (AvgIpc) is 2.53. The van der Waals surface area contributed by atoms with Crippen LogP contribution >= 0.6 is 11.6 Å². The molecule has 0 aromatic heterocycles. The fraction of sp³-hybridized carbons (Fsp3) is 0.188. The summed E-state index contributed by atoms with van der Waals surface area (Å²) in [5.74, 6) is 0. The van der Waals surface area contributed by atoms with Gasteiger partial charge in [-0.3, -0.25) is 0 Å². The van der Waals surface area contributed by atoms with Crippen LogP contribution in [0.15, 0.2) is 53.4 Å². The number of nitrogens with zero attached hydrogens (tertiary/aromatic N) is 1. The largest absolute Gasteiger partial charge is 0.334 e. The zero-order valence-corrected chi connectivity index (χ0v) is 14.9. The van der Waals surface area contributed by atoms with E-state index < -0.39 is 16.1 Å². The summed E-state index contributed by atoms with van der Waals surface area (Å²) in [4.78, 5) is 12.1. The maximum Gasteiger partial charge on any atom is 0.319 e. The molecule has 0 aliphatic carbocycles. The van der Waals surface area contributed by atoms with Crippen LogP contribution in [0.3, 0.4) is 0 Å². The molecule has 0 unspecified atom stereocenters. The number of halogens is 1. The summed E-state index contributed by atoms with van der Waals surface area (Å²) >= 11 is 5.86. The molecule has 0 spiro atoms. The highest BCUT2D eigenvalue weighted by Crippen LogP contribution is 2.18. The van der Waals surface area contributed by atoms with E-state index >= 15 is 0 Å². The van der Waals surface area contributed by atoms with E-state index in [0.29, 0.717) is 16.3 Å². The number of nitrogens with one attached hydrogen (secondary N) is 2. The van der Waals surface area contributed by atoms with Gasteiger partial charge in [-0.15, -0.1) is 0 Å². The van der Waals surface area contributed by atoms with Gasteiger partial charge in [0.2, 0.25) is 10.0 Å². The topological polar surface area (TPSA) is 78.5 Å². The summed E-state index contributed by atoms with van der Waals surface area (Å²) in [6, 6.07) is 12.8. The second kappa shape index (κ2) is 7.65. The number of hydrogen-bond acceptors (Lipinski definition) is 3. The molecule has 0 saturated heterocycles. The Kier molecular flexibility index (Phi) is 5.82. The van der Waals surface area contributed by atoms with Crippen molar-refractivity contribution in [3.63, 3.8) is 0 Å². The van der Waals surface area contributed by atoms with E-state index in [2.05, 4.69) is 10.6 Å². The lowest BCUT2D eigenvalue weighted by Gasteiger charge is -2.15. The molecule has 128 valence electrons. The second-order valence-electron chi connectivity index (χ2n) is 5.21. The lowest BCUT2D eigenvalue weighted by molar-refractivity contribution is 0.251. The van der Waals surface area contributed by atoms with Crippen LogP contribution in [-0.4, -0.2) is 32.8 Å². The standard InChI is InChI=1S/C16H18ClN3O3S/c1-20(2)24(22,23)15-9-4-3-6-12(15)11-18-16(21)19-14-8-5-7-13(17)10-14/h3-10H,11H2,1-2H3,(H2,18,19,21). The van der Waals surface area contributed by atoms with Crippen LogP contribution in [0, 0.1) is 0 Å². The summed E-state index contributed by atoms with van der Waals surface area (Å²) in [5, 5.41) is 5.79. The summed E-state index contributed by atoms with van der Waals surface area (Å²) in [7, 11) is -0.648. The van der Waals surface area contributed by atoms with Crippen molar-refractivity contribution in [2.75, 3.05) is 19.4 Å². The third-order valence-corrected chi connectivity index (χ3v) is 5.40. The van der Waals surface area contributed by atoms with Gasteiger partial charge in [0.1, 0.15) is 0 Å². The molecule has 0 aliphatic heterocycles. The predicted molar refractivity (Wildman–Crippen MR) is 94.6 cm³/mol. The molecular weight excluding hydrogens is 350 g/mol. The quantitative estimate of drug-likeness (QED) is 0.852. The van der Waals surface area contributed by atoms with Gasteiger partial charge in [0.25, 0.3) is 0 Å². The lowest BCUT2D eigenvalue weighted by Crippen LogP contribution is -2.30. The molecular formula is C16H18ClN3O3S. The molecule has 8 heteroatoms. The molecule has 0 fully saturated rings. The van der Waals surface area contributed by atoms with E-state index in [9.17, 15) is 13.2 Å². The SMILES string of the molecule is CN(C)S(=O)(=O)c1ccccc1CNC(=O)Nc1cccc(Cl)c1. The van der Waals surface area contributed by atoms with Gasteiger partial charge in [0.15, 0.2) is 0 Å². The monoisotopic (exact) mass is 367 g/mol. The third-order valence-electron chi connectivity index (χ3n) is 3.25. The zero-order valence-electron chi connectivity index (χ0n) is 13.3. The Morgan fingerprint density at radius 3 is 2.50 bits per heavy atom. The van der Waals surface area contributed by atoms with E-state index in [4.69, 9.17) is 11.6 Å². The van der Waals surface area contributed by atoms with Crippen molar-refractivity contribution in [1.29, 1.82) is 0 Å². The van der Waals surface area contributed by atoms with Crippen molar-refractivity contribution in [3.8, 4) is 0 Å². The van der Waals surface area contributed by atoms with Crippen LogP contribution in [0.25, 0.3) is 0 Å². The van der Waals surface area contributed by atoms with Crippen molar-refractivity contribution in [2.45, 2.75) is 11.4 Å². The van der Waals surface area contributed by atoms with Crippen LogP contribution < -0.4 is 10.6 Å².